The van der Waals surface area contributed by atoms with Gasteiger partial charge in [-0.1, -0.05) is 6.08 Å². The van der Waals surface area contributed by atoms with E-state index in [0.29, 0.717) is 12.5 Å². The molecule has 0 saturated heterocycles. The number of hydrogen-bond donors (Lipinski definition) is 0. The molecular weight excluding hydrogens is 202 g/mol. The van der Waals surface area contributed by atoms with Crippen molar-refractivity contribution in [2.24, 2.45) is 0 Å². The smallest absolute Gasteiger partial charge is 0.240 e. The summed E-state index contributed by atoms with van der Waals surface area (Å²) in [6.07, 6.45) is 6.68. The molecule has 4 nitrogen and oxygen atoms in total. The van der Waals surface area contributed by atoms with Gasteiger partial charge in [-0.3, -0.25) is 0 Å². The molecule has 2 heterocycles. The van der Waals surface area contributed by atoms with Gasteiger partial charge in [0, 0.05) is 25.5 Å². The minimum absolute atomic E-state index is 0.620. The molecule has 0 bridgehead atoms. The maximum atomic E-state index is 5.49. The van der Waals surface area contributed by atoms with Crippen molar-refractivity contribution in [3.05, 3.63) is 24.2 Å². The molecule has 0 atom stereocenters. The molecule has 0 aliphatic carbocycles. The molecule has 1 aromatic rings. The highest BCUT2D eigenvalue weighted by Crippen LogP contribution is 2.24. The first-order valence-electron chi connectivity index (χ1n) is 5.63. The molecule has 0 amide bonds. The average molecular weight is 219 g/mol. The van der Waals surface area contributed by atoms with Gasteiger partial charge in [-0.25, -0.2) is 9.97 Å². The minimum atomic E-state index is 0.620. The Balaban J connectivity index is 2.28. The second-order valence-electron chi connectivity index (χ2n) is 3.90. The third-order valence-electron chi connectivity index (χ3n) is 2.59. The summed E-state index contributed by atoms with van der Waals surface area (Å²) in [5.41, 5.74) is 2.10. The lowest BCUT2D eigenvalue weighted by Crippen LogP contribution is -2.25. The van der Waals surface area contributed by atoms with Crippen molar-refractivity contribution in [2.45, 2.75) is 13.3 Å². The Hall–Kier alpha value is -1.42. The monoisotopic (exact) mass is 219 g/mol. The molecule has 1 aliphatic heterocycles. The van der Waals surface area contributed by atoms with Crippen LogP contribution in [0, 0.1) is 0 Å². The van der Waals surface area contributed by atoms with Crippen molar-refractivity contribution in [3.63, 3.8) is 0 Å². The minimum Gasteiger partial charge on any atom is -0.476 e. The molecule has 86 valence electrons. The number of nitrogens with zero attached hydrogens (tertiary/aromatic N) is 3. The molecule has 0 aromatic carbocycles. The van der Waals surface area contributed by atoms with Crippen molar-refractivity contribution in [1.29, 1.82) is 0 Å². The predicted molar refractivity (Wildman–Crippen MR) is 63.3 cm³/mol. The maximum Gasteiger partial charge on any atom is 0.240 e. The van der Waals surface area contributed by atoms with Crippen LogP contribution >= 0.6 is 0 Å². The molecule has 0 fully saturated rings. The summed E-state index contributed by atoms with van der Waals surface area (Å²) in [6.45, 7) is 4.60. The van der Waals surface area contributed by atoms with Crippen LogP contribution in [0.2, 0.25) is 0 Å². The lowest BCUT2D eigenvalue weighted by atomic mass is 10.1. The maximum absolute atomic E-state index is 5.49. The zero-order valence-electron chi connectivity index (χ0n) is 9.81. The van der Waals surface area contributed by atoms with Crippen LogP contribution < -0.4 is 4.74 Å². The largest absolute Gasteiger partial charge is 0.476 e. The Morgan fingerprint density at radius 3 is 2.94 bits per heavy atom. The van der Waals surface area contributed by atoms with Crippen LogP contribution in [0.25, 0.3) is 5.57 Å². The summed E-state index contributed by atoms with van der Waals surface area (Å²) in [5, 5.41) is 0. The number of ether oxygens (including phenoxy) is 1. The van der Waals surface area contributed by atoms with Crippen LogP contribution in [-0.4, -0.2) is 41.6 Å². The number of hydrogen-bond acceptors (Lipinski definition) is 4. The standard InChI is InChI=1S/C12H17N3O/c1-3-16-12-11(13-6-7-14-12)10-5-4-8-15(2)9-10/h5-7H,3-4,8-9H2,1-2H3. The van der Waals surface area contributed by atoms with E-state index in [9.17, 15) is 0 Å². The first-order valence-corrected chi connectivity index (χ1v) is 5.63. The summed E-state index contributed by atoms with van der Waals surface area (Å²) in [5.74, 6) is 0.645. The summed E-state index contributed by atoms with van der Waals surface area (Å²) in [4.78, 5) is 10.9. The lowest BCUT2D eigenvalue weighted by Gasteiger charge is -2.23. The second kappa shape index (κ2) is 5.07. The fourth-order valence-corrected chi connectivity index (χ4v) is 1.85. The third kappa shape index (κ3) is 2.39. The van der Waals surface area contributed by atoms with E-state index in [4.69, 9.17) is 4.74 Å². The van der Waals surface area contributed by atoms with Crippen molar-refractivity contribution in [1.82, 2.24) is 14.9 Å². The van der Waals surface area contributed by atoms with Gasteiger partial charge >= 0.3 is 0 Å². The Bertz CT molecular complexity index is 390. The average Bonchev–Trinajstić information content (AvgIpc) is 2.30. The van der Waals surface area contributed by atoms with Crippen LogP contribution in [0.5, 0.6) is 5.88 Å². The Labute approximate surface area is 96.0 Å². The first-order chi connectivity index (χ1) is 7.81. The van der Waals surface area contributed by atoms with Gasteiger partial charge in [0.15, 0.2) is 0 Å². The number of likely N-dealkylation sites (N-methyl/N-ethyl adjacent to an activating group) is 1. The van der Waals surface area contributed by atoms with E-state index >= 15 is 0 Å². The summed E-state index contributed by atoms with van der Waals surface area (Å²) in [6, 6.07) is 0. The topological polar surface area (TPSA) is 38.3 Å². The van der Waals surface area contributed by atoms with E-state index < -0.39 is 0 Å². The summed E-state index contributed by atoms with van der Waals surface area (Å²) in [7, 11) is 2.11. The molecule has 0 unspecified atom stereocenters. The molecule has 0 radical (unpaired) electrons. The van der Waals surface area contributed by atoms with E-state index in [-0.39, 0.29) is 0 Å². The quantitative estimate of drug-likeness (QED) is 0.774. The zero-order valence-corrected chi connectivity index (χ0v) is 9.81. The Morgan fingerprint density at radius 2 is 2.19 bits per heavy atom. The normalized spacial score (nSPS) is 17.0. The highest BCUT2D eigenvalue weighted by molar-refractivity contribution is 5.67. The molecule has 0 N–H and O–H groups in total. The van der Waals surface area contributed by atoms with Gasteiger partial charge in [-0.05, 0) is 26.0 Å². The predicted octanol–water partition coefficient (Wildman–Crippen LogP) is 1.59. The molecule has 4 heteroatoms. The van der Waals surface area contributed by atoms with E-state index in [1.807, 2.05) is 6.92 Å². The van der Waals surface area contributed by atoms with Crippen LogP contribution in [0.15, 0.2) is 18.5 Å². The van der Waals surface area contributed by atoms with Gasteiger partial charge in [0.25, 0.3) is 0 Å². The Kier molecular flexibility index (Phi) is 3.51. The fourth-order valence-electron chi connectivity index (χ4n) is 1.85. The van der Waals surface area contributed by atoms with Gasteiger partial charge < -0.3 is 9.64 Å². The lowest BCUT2D eigenvalue weighted by molar-refractivity contribution is 0.322. The van der Waals surface area contributed by atoms with Crippen LogP contribution in [0.1, 0.15) is 19.0 Å². The van der Waals surface area contributed by atoms with Gasteiger partial charge in [-0.2, -0.15) is 0 Å². The van der Waals surface area contributed by atoms with Gasteiger partial charge in [-0.15, -0.1) is 0 Å². The van der Waals surface area contributed by atoms with Crippen LogP contribution in [0.4, 0.5) is 0 Å². The SMILES string of the molecule is CCOc1nccnc1C1=CCCN(C)C1. The second-order valence-corrected chi connectivity index (χ2v) is 3.90. The number of aromatic nitrogens is 2. The highest BCUT2D eigenvalue weighted by Gasteiger charge is 2.16. The number of rotatable bonds is 3. The molecule has 16 heavy (non-hydrogen) atoms. The summed E-state index contributed by atoms with van der Waals surface area (Å²) < 4.78 is 5.49. The van der Waals surface area contributed by atoms with Crippen LogP contribution in [-0.2, 0) is 0 Å². The zero-order chi connectivity index (χ0) is 11.4. The van der Waals surface area contributed by atoms with E-state index in [1.54, 1.807) is 12.4 Å². The first kappa shape index (κ1) is 11.1. The molecule has 1 aromatic heterocycles. The third-order valence-corrected chi connectivity index (χ3v) is 2.59. The molecule has 0 saturated carbocycles. The molecule has 0 spiro atoms. The van der Waals surface area contributed by atoms with Gasteiger partial charge in [0.2, 0.25) is 5.88 Å². The van der Waals surface area contributed by atoms with E-state index in [0.717, 1.165) is 25.2 Å². The van der Waals surface area contributed by atoms with Gasteiger partial charge in [0.1, 0.15) is 5.69 Å². The Morgan fingerprint density at radius 1 is 1.38 bits per heavy atom. The van der Waals surface area contributed by atoms with Crippen molar-refractivity contribution < 1.29 is 4.74 Å². The highest BCUT2D eigenvalue weighted by atomic mass is 16.5. The van der Waals surface area contributed by atoms with Crippen LogP contribution in [0.3, 0.4) is 0 Å². The fraction of sp³-hybridized carbons (Fsp3) is 0.500. The molecule has 1 aliphatic rings. The van der Waals surface area contributed by atoms with Crippen molar-refractivity contribution >= 4 is 5.57 Å². The van der Waals surface area contributed by atoms with Crippen molar-refractivity contribution in [3.8, 4) is 5.88 Å². The van der Waals surface area contributed by atoms with E-state index in [1.165, 1.54) is 5.57 Å². The van der Waals surface area contributed by atoms with Gasteiger partial charge in [0.05, 0.1) is 6.61 Å². The molecular formula is C12H17N3O. The summed E-state index contributed by atoms with van der Waals surface area (Å²) >= 11 is 0. The van der Waals surface area contributed by atoms with Crippen molar-refractivity contribution in [2.75, 3.05) is 26.7 Å². The van der Waals surface area contributed by atoms with E-state index in [2.05, 4.69) is 28.0 Å². The molecule has 2 rings (SSSR count).